The molecule has 2 atom stereocenters. The summed E-state index contributed by atoms with van der Waals surface area (Å²) in [6.45, 7) is 3.21. The van der Waals surface area contributed by atoms with Gasteiger partial charge in [-0.25, -0.2) is 0 Å². The molecule has 1 amide bonds. The average Bonchev–Trinajstić information content (AvgIpc) is 3.54. The maximum atomic E-state index is 13.0. The maximum absolute atomic E-state index is 13.0. The van der Waals surface area contributed by atoms with E-state index in [4.69, 9.17) is 4.52 Å². The normalized spacial score (nSPS) is 18.4. The van der Waals surface area contributed by atoms with Crippen LogP contribution >= 0.6 is 0 Å². The fourth-order valence-electron chi connectivity index (χ4n) is 3.99. The quantitative estimate of drug-likeness (QED) is 0.493. The van der Waals surface area contributed by atoms with E-state index in [-0.39, 0.29) is 24.3 Å². The first kappa shape index (κ1) is 19.1. The largest absolute Gasteiger partial charge is 0.340 e. The molecule has 1 fully saturated rings. The molecule has 0 saturated carbocycles. The van der Waals surface area contributed by atoms with Gasteiger partial charge in [0, 0.05) is 55.6 Å². The Labute approximate surface area is 178 Å². The Morgan fingerprint density at radius 1 is 1.10 bits per heavy atom. The van der Waals surface area contributed by atoms with Gasteiger partial charge in [0.25, 0.3) is 0 Å². The van der Waals surface area contributed by atoms with Crippen molar-refractivity contribution in [2.45, 2.75) is 25.3 Å². The van der Waals surface area contributed by atoms with Crippen LogP contribution in [0, 0.1) is 6.92 Å². The highest BCUT2D eigenvalue weighted by atomic mass is 16.5. The summed E-state index contributed by atoms with van der Waals surface area (Å²) in [6, 6.07) is 7.60. The van der Waals surface area contributed by atoms with Gasteiger partial charge in [-0.15, -0.1) is 0 Å². The third kappa shape index (κ3) is 3.94. The molecule has 0 aliphatic carbocycles. The minimum Gasteiger partial charge on any atom is -0.340 e. The van der Waals surface area contributed by atoms with E-state index in [2.05, 4.69) is 25.2 Å². The molecule has 0 unspecified atom stereocenters. The second kappa shape index (κ2) is 8.10. The second-order valence-electron chi connectivity index (χ2n) is 7.71. The summed E-state index contributed by atoms with van der Waals surface area (Å²) in [6.07, 6.45) is 10.6. The zero-order chi connectivity index (χ0) is 21.2. The maximum Gasteiger partial charge on any atom is 0.244 e. The molecule has 0 bridgehead atoms. The molecule has 0 radical (unpaired) electrons. The Morgan fingerprint density at radius 3 is 2.68 bits per heavy atom. The fourth-order valence-corrected chi connectivity index (χ4v) is 3.99. The first-order chi connectivity index (χ1) is 15.2. The predicted octanol–water partition coefficient (Wildman–Crippen LogP) is 2.44. The van der Waals surface area contributed by atoms with Gasteiger partial charge in [0.05, 0.1) is 12.1 Å². The molecule has 31 heavy (non-hydrogen) atoms. The molecule has 0 N–H and O–H groups in total. The molecule has 1 aliphatic heterocycles. The van der Waals surface area contributed by atoms with Crippen LogP contribution in [0.1, 0.15) is 28.9 Å². The highest BCUT2D eigenvalue weighted by molar-refractivity contribution is 5.76. The highest BCUT2D eigenvalue weighted by Gasteiger charge is 2.40. The smallest absolute Gasteiger partial charge is 0.244 e. The van der Waals surface area contributed by atoms with E-state index in [9.17, 15) is 4.79 Å². The summed E-state index contributed by atoms with van der Waals surface area (Å²) >= 11 is 0. The van der Waals surface area contributed by atoms with Gasteiger partial charge < -0.3 is 9.42 Å². The first-order valence-electron chi connectivity index (χ1n) is 10.1. The van der Waals surface area contributed by atoms with E-state index in [1.165, 1.54) is 0 Å². The predicted molar refractivity (Wildman–Crippen MR) is 111 cm³/mol. The van der Waals surface area contributed by atoms with Crippen LogP contribution < -0.4 is 0 Å². The standard InChI is InChI=1S/C22H21N7O2/c1-15-9-25-29(11-15)14-20(30)28-12-18(17-3-2-6-24-10-17)19(13-28)22-26-21(27-31-22)16-4-7-23-8-5-16/h2-11,18-19H,12-14H2,1H3/t18-,19+/m0/s1. The highest BCUT2D eigenvalue weighted by Crippen LogP contribution is 2.39. The van der Waals surface area contributed by atoms with Gasteiger partial charge in [-0.3, -0.25) is 19.4 Å². The van der Waals surface area contributed by atoms with Crippen LogP contribution in [0.3, 0.4) is 0 Å². The number of amides is 1. The molecule has 5 rings (SSSR count). The summed E-state index contributed by atoms with van der Waals surface area (Å²) in [4.78, 5) is 27.7. The van der Waals surface area contributed by atoms with Crippen molar-refractivity contribution in [1.29, 1.82) is 0 Å². The fraction of sp³-hybridized carbons (Fsp3) is 0.273. The van der Waals surface area contributed by atoms with Gasteiger partial charge in [0.1, 0.15) is 6.54 Å². The molecule has 1 aliphatic rings. The van der Waals surface area contributed by atoms with Crippen LogP contribution in [0.5, 0.6) is 0 Å². The van der Waals surface area contributed by atoms with Crippen LogP contribution in [0.15, 0.2) is 66.0 Å². The number of carbonyl (C=O) groups excluding carboxylic acids is 1. The van der Waals surface area contributed by atoms with Gasteiger partial charge in [-0.1, -0.05) is 11.2 Å². The first-order valence-corrected chi connectivity index (χ1v) is 10.1. The zero-order valence-electron chi connectivity index (χ0n) is 17.0. The number of likely N-dealkylation sites (tertiary alicyclic amines) is 1. The van der Waals surface area contributed by atoms with E-state index in [1.54, 1.807) is 29.5 Å². The summed E-state index contributed by atoms with van der Waals surface area (Å²) in [7, 11) is 0. The number of nitrogens with zero attached hydrogens (tertiary/aromatic N) is 7. The summed E-state index contributed by atoms with van der Waals surface area (Å²) in [5.41, 5.74) is 2.90. The number of aromatic nitrogens is 6. The van der Waals surface area contributed by atoms with Gasteiger partial charge in [0.15, 0.2) is 0 Å². The van der Waals surface area contributed by atoms with Crippen molar-refractivity contribution in [2.75, 3.05) is 13.1 Å². The molecule has 1 saturated heterocycles. The Hall–Kier alpha value is -3.88. The average molecular weight is 415 g/mol. The number of hydrogen-bond donors (Lipinski definition) is 0. The number of carbonyl (C=O) groups is 1. The third-order valence-corrected chi connectivity index (χ3v) is 5.54. The van der Waals surface area contributed by atoms with Crippen LogP contribution in [0.2, 0.25) is 0 Å². The molecule has 4 aromatic rings. The monoisotopic (exact) mass is 415 g/mol. The molecular weight excluding hydrogens is 394 g/mol. The molecule has 9 heteroatoms. The van der Waals surface area contributed by atoms with Crippen LogP contribution in [0.4, 0.5) is 0 Å². The number of aryl methyl sites for hydroxylation is 1. The van der Waals surface area contributed by atoms with Crippen LogP contribution in [-0.2, 0) is 11.3 Å². The van der Waals surface area contributed by atoms with Crippen molar-refractivity contribution in [3.05, 3.63) is 78.5 Å². The molecule has 0 aromatic carbocycles. The lowest BCUT2D eigenvalue weighted by molar-refractivity contribution is -0.131. The molecular formula is C22H21N7O2. The van der Waals surface area contributed by atoms with Crippen LogP contribution in [0.25, 0.3) is 11.4 Å². The minimum atomic E-state index is -0.115. The Balaban J connectivity index is 1.41. The van der Waals surface area contributed by atoms with Crippen molar-refractivity contribution in [3.63, 3.8) is 0 Å². The molecule has 0 spiro atoms. The van der Waals surface area contributed by atoms with Gasteiger partial charge in [-0.2, -0.15) is 10.1 Å². The van der Waals surface area contributed by atoms with Crippen molar-refractivity contribution in [1.82, 2.24) is 34.8 Å². The third-order valence-electron chi connectivity index (χ3n) is 5.54. The van der Waals surface area contributed by atoms with Gasteiger partial charge in [0.2, 0.25) is 17.6 Å². The van der Waals surface area contributed by atoms with Crippen molar-refractivity contribution >= 4 is 5.91 Å². The molecule has 156 valence electrons. The summed E-state index contributed by atoms with van der Waals surface area (Å²) in [5.74, 6) is 0.941. The van der Waals surface area contributed by atoms with E-state index < -0.39 is 0 Å². The Kier molecular flexibility index (Phi) is 4.99. The zero-order valence-corrected chi connectivity index (χ0v) is 17.0. The van der Waals surface area contributed by atoms with Crippen molar-refractivity contribution in [3.8, 4) is 11.4 Å². The number of pyridine rings is 2. The number of rotatable bonds is 5. The molecule has 4 aromatic heterocycles. The topological polar surface area (TPSA) is 103 Å². The minimum absolute atomic E-state index is 0.00774. The summed E-state index contributed by atoms with van der Waals surface area (Å²) < 4.78 is 7.31. The lowest BCUT2D eigenvalue weighted by Crippen LogP contribution is -2.32. The van der Waals surface area contributed by atoms with Crippen molar-refractivity contribution < 1.29 is 9.32 Å². The lowest BCUT2D eigenvalue weighted by Gasteiger charge is -2.16. The van der Waals surface area contributed by atoms with Crippen LogP contribution in [-0.4, -0.2) is 53.8 Å². The van der Waals surface area contributed by atoms with E-state index in [0.29, 0.717) is 24.8 Å². The number of hydrogen-bond acceptors (Lipinski definition) is 7. The van der Waals surface area contributed by atoms with Gasteiger partial charge in [-0.05, 0) is 36.2 Å². The molecule has 9 nitrogen and oxygen atoms in total. The summed E-state index contributed by atoms with van der Waals surface area (Å²) in [5, 5.41) is 8.38. The molecule has 5 heterocycles. The van der Waals surface area contributed by atoms with Crippen molar-refractivity contribution in [2.24, 2.45) is 0 Å². The SMILES string of the molecule is Cc1cnn(CC(=O)N2C[C@@H](c3cccnc3)[C@H](c3nc(-c4ccncc4)no3)C2)c1. The van der Waals surface area contributed by atoms with E-state index in [0.717, 1.165) is 16.7 Å². The lowest BCUT2D eigenvalue weighted by atomic mass is 9.90. The second-order valence-corrected chi connectivity index (χ2v) is 7.71. The van der Waals surface area contributed by atoms with E-state index >= 15 is 0 Å². The van der Waals surface area contributed by atoms with E-state index in [1.807, 2.05) is 48.5 Å². The Bertz CT molecular complexity index is 1170. The Morgan fingerprint density at radius 2 is 1.94 bits per heavy atom. The van der Waals surface area contributed by atoms with Gasteiger partial charge >= 0.3 is 0 Å².